The zero-order valence-electron chi connectivity index (χ0n) is 12.4. The second-order valence-corrected chi connectivity index (χ2v) is 5.20. The molecule has 2 rings (SSSR count). The fraction of sp³-hybridized carbons (Fsp3) is 0.176. The molecule has 0 radical (unpaired) electrons. The van der Waals surface area contributed by atoms with E-state index in [1.807, 2.05) is 0 Å². The number of halogens is 2. The van der Waals surface area contributed by atoms with Crippen LogP contribution in [0.15, 0.2) is 42.5 Å². The lowest BCUT2D eigenvalue weighted by Crippen LogP contribution is -2.20. The molecule has 0 saturated carbocycles. The number of ketones is 1. The fourth-order valence-electron chi connectivity index (χ4n) is 1.87. The van der Waals surface area contributed by atoms with Crippen molar-refractivity contribution in [3.05, 3.63) is 58.9 Å². The first-order valence-corrected chi connectivity index (χ1v) is 7.38. The van der Waals surface area contributed by atoms with Gasteiger partial charge in [-0.15, -0.1) is 0 Å². The van der Waals surface area contributed by atoms with Gasteiger partial charge in [-0.2, -0.15) is 0 Å². The van der Waals surface area contributed by atoms with Crippen LogP contribution in [0.1, 0.15) is 23.7 Å². The normalized spacial score (nSPS) is 10.2. The van der Waals surface area contributed by atoms with Crippen molar-refractivity contribution in [1.29, 1.82) is 0 Å². The molecule has 2 aromatic rings. The van der Waals surface area contributed by atoms with E-state index in [4.69, 9.17) is 16.3 Å². The maximum Gasteiger partial charge on any atom is 0.262 e. The molecule has 0 heterocycles. The second-order valence-electron chi connectivity index (χ2n) is 4.76. The maximum absolute atomic E-state index is 13.6. The van der Waals surface area contributed by atoms with E-state index in [9.17, 15) is 14.0 Å². The summed E-state index contributed by atoms with van der Waals surface area (Å²) in [7, 11) is 0. The number of carbonyl (C=O) groups is 2. The summed E-state index contributed by atoms with van der Waals surface area (Å²) in [6, 6.07) is 10.5. The highest BCUT2D eigenvalue weighted by Crippen LogP contribution is 2.19. The quantitative estimate of drug-likeness (QED) is 0.809. The Labute approximate surface area is 138 Å². The van der Waals surface area contributed by atoms with Crippen molar-refractivity contribution >= 4 is 29.0 Å². The summed E-state index contributed by atoms with van der Waals surface area (Å²) < 4.78 is 18.9. The molecule has 0 aliphatic carbocycles. The van der Waals surface area contributed by atoms with E-state index in [1.54, 1.807) is 31.2 Å². The van der Waals surface area contributed by atoms with Crippen molar-refractivity contribution in [3.63, 3.8) is 0 Å². The largest absolute Gasteiger partial charge is 0.484 e. The van der Waals surface area contributed by atoms with Gasteiger partial charge in [0.25, 0.3) is 5.91 Å². The number of ether oxygens (including phenoxy) is 1. The Kier molecular flexibility index (Phi) is 5.71. The first-order valence-electron chi connectivity index (χ1n) is 7.00. The van der Waals surface area contributed by atoms with Crippen molar-refractivity contribution < 1.29 is 18.7 Å². The highest BCUT2D eigenvalue weighted by molar-refractivity contribution is 6.30. The average Bonchev–Trinajstić information content (AvgIpc) is 2.55. The number of rotatable bonds is 6. The van der Waals surface area contributed by atoms with E-state index in [0.29, 0.717) is 17.7 Å². The first-order chi connectivity index (χ1) is 11.0. The predicted molar refractivity (Wildman–Crippen MR) is 86.6 cm³/mol. The third-order valence-corrected chi connectivity index (χ3v) is 3.31. The third kappa shape index (κ3) is 4.79. The van der Waals surface area contributed by atoms with Gasteiger partial charge in [-0.05, 0) is 42.5 Å². The van der Waals surface area contributed by atoms with Gasteiger partial charge in [0.1, 0.15) is 11.6 Å². The van der Waals surface area contributed by atoms with Crippen LogP contribution in [0.3, 0.4) is 0 Å². The molecule has 23 heavy (non-hydrogen) atoms. The molecule has 0 fully saturated rings. The summed E-state index contributed by atoms with van der Waals surface area (Å²) in [4.78, 5) is 23.3. The first kappa shape index (κ1) is 17.0. The summed E-state index contributed by atoms with van der Waals surface area (Å²) >= 11 is 5.64. The molecule has 0 bridgehead atoms. The number of carbonyl (C=O) groups excluding carboxylic acids is 2. The van der Waals surface area contributed by atoms with Gasteiger partial charge in [-0.1, -0.05) is 18.5 Å². The van der Waals surface area contributed by atoms with Gasteiger partial charge in [0.2, 0.25) is 0 Å². The van der Waals surface area contributed by atoms with Gasteiger partial charge < -0.3 is 10.1 Å². The van der Waals surface area contributed by atoms with Crippen LogP contribution in [0, 0.1) is 5.82 Å². The fourth-order valence-corrected chi connectivity index (χ4v) is 2.03. The summed E-state index contributed by atoms with van der Waals surface area (Å²) in [5.41, 5.74) is 0.624. The van der Waals surface area contributed by atoms with Gasteiger partial charge in [0.05, 0.1) is 5.69 Å². The molecule has 0 saturated heterocycles. The van der Waals surface area contributed by atoms with Crippen molar-refractivity contribution in [2.45, 2.75) is 13.3 Å². The molecule has 0 aromatic heterocycles. The molecule has 6 heteroatoms. The molecule has 0 aliphatic heterocycles. The molecular weight excluding hydrogens is 321 g/mol. The van der Waals surface area contributed by atoms with Crippen molar-refractivity contribution in [2.75, 3.05) is 11.9 Å². The van der Waals surface area contributed by atoms with Crippen LogP contribution in [0.25, 0.3) is 0 Å². The van der Waals surface area contributed by atoms with Gasteiger partial charge >= 0.3 is 0 Å². The number of hydrogen-bond acceptors (Lipinski definition) is 3. The Morgan fingerprint density at radius 1 is 1.17 bits per heavy atom. The van der Waals surface area contributed by atoms with Gasteiger partial charge in [-0.25, -0.2) is 4.39 Å². The van der Waals surface area contributed by atoms with Gasteiger partial charge in [0, 0.05) is 17.0 Å². The SMILES string of the molecule is CCC(=O)c1ccc(OCC(=O)Nc2ccc(Cl)cc2F)cc1. The van der Waals surface area contributed by atoms with Crippen LogP contribution >= 0.6 is 11.6 Å². The molecule has 0 aliphatic rings. The van der Waals surface area contributed by atoms with Crippen LogP contribution in [0.5, 0.6) is 5.75 Å². The minimum Gasteiger partial charge on any atom is -0.484 e. The van der Waals surface area contributed by atoms with Gasteiger partial charge in [-0.3, -0.25) is 9.59 Å². The maximum atomic E-state index is 13.6. The van der Waals surface area contributed by atoms with E-state index in [1.165, 1.54) is 12.1 Å². The van der Waals surface area contributed by atoms with Crippen LogP contribution in [0.2, 0.25) is 5.02 Å². The van der Waals surface area contributed by atoms with Crippen molar-refractivity contribution in [3.8, 4) is 5.75 Å². The Balaban J connectivity index is 1.90. The predicted octanol–water partition coefficient (Wildman–Crippen LogP) is 4.09. The zero-order valence-corrected chi connectivity index (χ0v) is 13.2. The highest BCUT2D eigenvalue weighted by Gasteiger charge is 2.09. The van der Waals surface area contributed by atoms with E-state index in [0.717, 1.165) is 6.07 Å². The Morgan fingerprint density at radius 3 is 2.48 bits per heavy atom. The van der Waals surface area contributed by atoms with Crippen molar-refractivity contribution in [2.24, 2.45) is 0 Å². The number of anilines is 1. The van der Waals surface area contributed by atoms with E-state index in [2.05, 4.69) is 5.32 Å². The molecular formula is C17H15ClFNO3. The Bertz CT molecular complexity index is 716. The molecule has 4 nitrogen and oxygen atoms in total. The smallest absolute Gasteiger partial charge is 0.262 e. The number of Topliss-reactive ketones (excluding diaryl/α,β-unsaturated/α-hetero) is 1. The Hall–Kier alpha value is -2.40. The van der Waals surface area contributed by atoms with E-state index >= 15 is 0 Å². The van der Waals surface area contributed by atoms with Crippen LogP contribution in [-0.2, 0) is 4.79 Å². The van der Waals surface area contributed by atoms with E-state index < -0.39 is 11.7 Å². The van der Waals surface area contributed by atoms with E-state index in [-0.39, 0.29) is 23.1 Å². The monoisotopic (exact) mass is 335 g/mol. The summed E-state index contributed by atoms with van der Waals surface area (Å²) in [5, 5.41) is 2.64. The molecule has 0 spiro atoms. The summed E-state index contributed by atoms with van der Waals surface area (Å²) in [6.45, 7) is 1.51. The minimum absolute atomic E-state index is 0.0342. The highest BCUT2D eigenvalue weighted by atomic mass is 35.5. The molecule has 120 valence electrons. The molecule has 1 amide bonds. The molecule has 0 unspecified atom stereocenters. The topological polar surface area (TPSA) is 55.4 Å². The molecule has 0 atom stereocenters. The lowest BCUT2D eigenvalue weighted by molar-refractivity contribution is -0.118. The minimum atomic E-state index is -0.617. The number of nitrogens with one attached hydrogen (secondary N) is 1. The van der Waals surface area contributed by atoms with Crippen LogP contribution in [0.4, 0.5) is 10.1 Å². The average molecular weight is 336 g/mol. The van der Waals surface area contributed by atoms with Crippen LogP contribution < -0.4 is 10.1 Å². The lowest BCUT2D eigenvalue weighted by Gasteiger charge is -2.09. The zero-order chi connectivity index (χ0) is 16.8. The van der Waals surface area contributed by atoms with Crippen molar-refractivity contribution in [1.82, 2.24) is 0 Å². The number of hydrogen-bond donors (Lipinski definition) is 1. The summed E-state index contributed by atoms with van der Waals surface area (Å²) in [5.74, 6) is -0.634. The van der Waals surface area contributed by atoms with Crippen LogP contribution in [-0.4, -0.2) is 18.3 Å². The summed E-state index contributed by atoms with van der Waals surface area (Å²) in [6.07, 6.45) is 0.426. The number of amides is 1. The number of benzene rings is 2. The Morgan fingerprint density at radius 2 is 1.87 bits per heavy atom. The third-order valence-electron chi connectivity index (χ3n) is 3.07. The van der Waals surface area contributed by atoms with Gasteiger partial charge in [0.15, 0.2) is 12.4 Å². The second kappa shape index (κ2) is 7.74. The molecule has 2 aromatic carbocycles. The lowest BCUT2D eigenvalue weighted by atomic mass is 10.1. The standard InChI is InChI=1S/C17H15ClFNO3/c1-2-16(21)11-3-6-13(7-4-11)23-10-17(22)20-15-8-5-12(18)9-14(15)19/h3-9H,2,10H2,1H3,(H,20,22). The molecule has 1 N–H and O–H groups in total.